The van der Waals surface area contributed by atoms with Crippen molar-refractivity contribution in [1.82, 2.24) is 0 Å². The van der Waals surface area contributed by atoms with Gasteiger partial charge >= 0.3 is 0 Å². The van der Waals surface area contributed by atoms with Crippen LogP contribution in [0, 0.1) is 5.92 Å². The Morgan fingerprint density at radius 2 is 1.78 bits per heavy atom. The van der Waals surface area contributed by atoms with E-state index in [1.165, 1.54) is 36.2 Å². The van der Waals surface area contributed by atoms with E-state index in [1.807, 2.05) is 0 Å². The van der Waals surface area contributed by atoms with E-state index in [4.69, 9.17) is 9.47 Å². The van der Waals surface area contributed by atoms with Gasteiger partial charge in [-0.25, -0.2) is 0 Å². The van der Waals surface area contributed by atoms with Crippen LogP contribution in [0.4, 0.5) is 11.4 Å². The predicted octanol–water partition coefficient (Wildman–Crippen LogP) is 7.39. The maximum atomic E-state index is 5.84. The third-order valence-corrected chi connectivity index (χ3v) is 6.55. The molecular weight excluding hydrogens is 394 g/mol. The summed E-state index contributed by atoms with van der Waals surface area (Å²) in [7, 11) is 0. The van der Waals surface area contributed by atoms with Crippen molar-refractivity contribution in [2.75, 3.05) is 18.1 Å². The van der Waals surface area contributed by atoms with Crippen molar-refractivity contribution in [3.8, 4) is 0 Å². The standard InChI is InChI=1S/C29H39NO2/c1-29(2,3)25-17-9-10-18-26(25)30(24-15-7-4-8-16-24)27-22-23(27)14-6-5-12-20-31-28-19-11-13-21-32-28/h4-10,15-18,23,27-28H,11-14,19-22H2,1-3H3/t23-,27+,28?/m0/s1. The minimum absolute atomic E-state index is 0.0206. The summed E-state index contributed by atoms with van der Waals surface area (Å²) in [5.74, 6) is 0.696. The van der Waals surface area contributed by atoms with Crippen molar-refractivity contribution >= 4 is 11.4 Å². The van der Waals surface area contributed by atoms with Crippen LogP contribution in [0.1, 0.15) is 64.9 Å². The molecule has 1 aliphatic carbocycles. The van der Waals surface area contributed by atoms with E-state index < -0.39 is 0 Å². The number of rotatable bonds is 9. The highest BCUT2D eigenvalue weighted by atomic mass is 16.7. The van der Waals surface area contributed by atoms with Gasteiger partial charge in [-0.2, -0.15) is 0 Å². The molecule has 32 heavy (non-hydrogen) atoms. The molecule has 1 saturated carbocycles. The number of anilines is 2. The first kappa shape index (κ1) is 23.1. The van der Waals surface area contributed by atoms with Crippen LogP contribution in [0.3, 0.4) is 0 Å². The lowest BCUT2D eigenvalue weighted by Gasteiger charge is -2.32. The topological polar surface area (TPSA) is 21.7 Å². The molecule has 4 rings (SSSR count). The van der Waals surface area contributed by atoms with Crippen LogP contribution in [-0.4, -0.2) is 25.5 Å². The summed E-state index contributed by atoms with van der Waals surface area (Å²) in [5, 5.41) is 0. The Hall–Kier alpha value is -2.10. The predicted molar refractivity (Wildman–Crippen MR) is 134 cm³/mol. The fraction of sp³-hybridized carbons (Fsp3) is 0.517. The van der Waals surface area contributed by atoms with Gasteiger partial charge in [-0.05, 0) is 73.6 Å². The lowest BCUT2D eigenvalue weighted by Crippen LogP contribution is -2.25. The summed E-state index contributed by atoms with van der Waals surface area (Å²) in [4.78, 5) is 2.59. The van der Waals surface area contributed by atoms with E-state index in [9.17, 15) is 0 Å². The highest BCUT2D eigenvalue weighted by Gasteiger charge is 2.42. The zero-order valence-electron chi connectivity index (χ0n) is 20.0. The molecule has 0 N–H and O–H groups in total. The fourth-order valence-electron chi connectivity index (χ4n) is 4.72. The molecule has 3 heteroatoms. The molecule has 0 bridgehead atoms. The van der Waals surface area contributed by atoms with Crippen molar-refractivity contribution < 1.29 is 9.47 Å². The Kier molecular flexibility index (Phi) is 7.70. The molecule has 2 aromatic carbocycles. The number of hydrogen-bond acceptors (Lipinski definition) is 3. The molecule has 0 aromatic heterocycles. The van der Waals surface area contributed by atoms with Crippen LogP contribution in [0.2, 0.25) is 0 Å². The average molecular weight is 434 g/mol. The van der Waals surface area contributed by atoms with E-state index in [0.29, 0.717) is 12.0 Å². The summed E-state index contributed by atoms with van der Waals surface area (Å²) in [6.07, 6.45) is 11.4. The van der Waals surface area contributed by atoms with Gasteiger partial charge in [-0.3, -0.25) is 0 Å². The monoisotopic (exact) mass is 433 g/mol. The lowest BCUT2D eigenvalue weighted by atomic mass is 9.85. The number of benzene rings is 2. The normalized spacial score (nSPS) is 23.4. The van der Waals surface area contributed by atoms with Gasteiger partial charge in [-0.1, -0.05) is 69.3 Å². The van der Waals surface area contributed by atoms with Crippen molar-refractivity contribution in [1.29, 1.82) is 0 Å². The Morgan fingerprint density at radius 3 is 2.53 bits per heavy atom. The maximum Gasteiger partial charge on any atom is 0.157 e. The summed E-state index contributed by atoms with van der Waals surface area (Å²) < 4.78 is 11.5. The van der Waals surface area contributed by atoms with Gasteiger partial charge < -0.3 is 14.4 Å². The van der Waals surface area contributed by atoms with Gasteiger partial charge in [-0.15, -0.1) is 0 Å². The third-order valence-electron chi connectivity index (χ3n) is 6.55. The number of allylic oxidation sites excluding steroid dienone is 1. The smallest absolute Gasteiger partial charge is 0.157 e. The molecule has 3 nitrogen and oxygen atoms in total. The lowest BCUT2D eigenvalue weighted by molar-refractivity contribution is -0.161. The minimum atomic E-state index is 0.0206. The molecular formula is C29H39NO2. The molecule has 0 spiro atoms. The van der Waals surface area contributed by atoms with E-state index >= 15 is 0 Å². The first-order valence-electron chi connectivity index (χ1n) is 12.4. The van der Waals surface area contributed by atoms with Crippen LogP contribution in [0.15, 0.2) is 66.7 Å². The van der Waals surface area contributed by atoms with Gasteiger partial charge in [0, 0.05) is 24.0 Å². The summed E-state index contributed by atoms with van der Waals surface area (Å²) in [5.41, 5.74) is 4.16. The van der Waals surface area contributed by atoms with E-state index in [0.717, 1.165) is 32.5 Å². The van der Waals surface area contributed by atoms with Gasteiger partial charge in [0.05, 0.1) is 6.61 Å². The van der Waals surface area contributed by atoms with Crippen LogP contribution < -0.4 is 4.90 Å². The van der Waals surface area contributed by atoms with Gasteiger partial charge in [0.25, 0.3) is 0 Å². The first-order valence-corrected chi connectivity index (χ1v) is 12.4. The molecule has 1 unspecified atom stereocenters. The SMILES string of the molecule is CC(C)(C)c1ccccc1N(c1ccccc1)[C@@H]1C[C@@H]1CC=CCCOC1CCCCO1. The van der Waals surface area contributed by atoms with E-state index in [2.05, 4.69) is 92.4 Å². The number of nitrogens with zero attached hydrogens (tertiary/aromatic N) is 1. The highest BCUT2D eigenvalue weighted by molar-refractivity contribution is 5.69. The largest absolute Gasteiger partial charge is 0.353 e. The molecule has 1 saturated heterocycles. The Balaban J connectivity index is 1.37. The average Bonchev–Trinajstić information content (AvgIpc) is 3.56. The molecule has 2 aromatic rings. The van der Waals surface area contributed by atoms with Crippen molar-refractivity contribution in [2.24, 2.45) is 5.92 Å². The fourth-order valence-corrected chi connectivity index (χ4v) is 4.72. The molecule has 0 amide bonds. The van der Waals surface area contributed by atoms with Crippen molar-refractivity contribution in [3.63, 3.8) is 0 Å². The molecule has 172 valence electrons. The van der Waals surface area contributed by atoms with Crippen LogP contribution in [0.25, 0.3) is 0 Å². The highest BCUT2D eigenvalue weighted by Crippen LogP contribution is 2.47. The van der Waals surface area contributed by atoms with Crippen LogP contribution in [-0.2, 0) is 14.9 Å². The summed E-state index contributed by atoms with van der Waals surface area (Å²) in [6.45, 7) is 8.53. The Bertz CT molecular complexity index is 864. The van der Waals surface area contributed by atoms with Gasteiger partial charge in [0.2, 0.25) is 0 Å². The van der Waals surface area contributed by atoms with Crippen LogP contribution >= 0.6 is 0 Å². The molecule has 2 aliphatic rings. The number of para-hydroxylation sites is 2. The number of hydrogen-bond donors (Lipinski definition) is 0. The molecule has 0 radical (unpaired) electrons. The van der Waals surface area contributed by atoms with Crippen molar-refractivity contribution in [2.45, 2.75) is 77.0 Å². The second-order valence-corrected chi connectivity index (χ2v) is 10.2. The van der Waals surface area contributed by atoms with E-state index in [1.54, 1.807) is 0 Å². The zero-order valence-corrected chi connectivity index (χ0v) is 20.0. The van der Waals surface area contributed by atoms with Crippen molar-refractivity contribution in [3.05, 3.63) is 72.3 Å². The van der Waals surface area contributed by atoms with Gasteiger partial charge in [0.1, 0.15) is 0 Å². The summed E-state index contributed by atoms with van der Waals surface area (Å²) >= 11 is 0. The third kappa shape index (κ3) is 6.02. The van der Waals surface area contributed by atoms with Crippen LogP contribution in [0.5, 0.6) is 0 Å². The molecule has 1 aliphatic heterocycles. The molecule has 3 atom stereocenters. The van der Waals surface area contributed by atoms with Gasteiger partial charge in [0.15, 0.2) is 6.29 Å². The number of ether oxygens (including phenoxy) is 2. The minimum Gasteiger partial charge on any atom is -0.353 e. The summed E-state index contributed by atoms with van der Waals surface area (Å²) in [6, 6.07) is 20.4. The quantitative estimate of drug-likeness (QED) is 0.304. The second kappa shape index (κ2) is 10.7. The molecule has 1 heterocycles. The first-order chi connectivity index (χ1) is 15.5. The molecule has 2 fully saturated rings. The maximum absolute atomic E-state index is 5.84. The van der Waals surface area contributed by atoms with E-state index in [-0.39, 0.29) is 11.7 Å². The second-order valence-electron chi connectivity index (χ2n) is 10.2. The zero-order chi connectivity index (χ0) is 22.4. The Labute approximate surface area is 194 Å². The Morgan fingerprint density at radius 1 is 1.00 bits per heavy atom.